The molecule has 5 nitrogen and oxygen atoms in total. The number of anilines is 1. The molecule has 1 amide bonds. The topological polar surface area (TPSA) is 70.7 Å². The molecule has 1 aromatic heterocycles. The normalized spacial score (nSPS) is 11.4. The number of benzene rings is 1. The smallest absolute Gasteiger partial charge is 0.295 e. The summed E-state index contributed by atoms with van der Waals surface area (Å²) in [5.41, 5.74) is 1.58. The molecule has 0 unspecified atom stereocenters. The van der Waals surface area contributed by atoms with Gasteiger partial charge in [-0.3, -0.25) is 9.89 Å². The summed E-state index contributed by atoms with van der Waals surface area (Å²) in [4.78, 5) is 16.4. The van der Waals surface area contributed by atoms with Crippen LogP contribution in [0, 0.1) is 6.92 Å². The molecular formula is C14H17BrN4O. The number of amides is 1. The number of rotatable bonds is 2. The van der Waals surface area contributed by atoms with E-state index in [4.69, 9.17) is 0 Å². The highest BCUT2D eigenvalue weighted by molar-refractivity contribution is 9.10. The Hall–Kier alpha value is -1.69. The fraction of sp³-hybridized carbons (Fsp3) is 0.357. The molecule has 20 heavy (non-hydrogen) atoms. The SMILES string of the molecule is Cc1cccc(NC(=O)c2n[nH]c(C(C)(C)C)n2)c1Br. The first-order valence-corrected chi connectivity index (χ1v) is 7.07. The van der Waals surface area contributed by atoms with Gasteiger partial charge in [0.1, 0.15) is 5.82 Å². The number of halogens is 1. The van der Waals surface area contributed by atoms with E-state index >= 15 is 0 Å². The number of H-pyrrole nitrogens is 1. The van der Waals surface area contributed by atoms with E-state index in [-0.39, 0.29) is 17.1 Å². The first-order valence-electron chi connectivity index (χ1n) is 6.28. The second-order valence-electron chi connectivity index (χ2n) is 5.65. The van der Waals surface area contributed by atoms with Gasteiger partial charge in [-0.25, -0.2) is 4.98 Å². The van der Waals surface area contributed by atoms with Crippen LogP contribution in [-0.4, -0.2) is 21.1 Å². The van der Waals surface area contributed by atoms with E-state index in [1.165, 1.54) is 0 Å². The first-order chi connectivity index (χ1) is 9.29. The fourth-order valence-electron chi connectivity index (χ4n) is 1.62. The largest absolute Gasteiger partial charge is 0.318 e. The molecule has 2 rings (SSSR count). The van der Waals surface area contributed by atoms with Gasteiger partial charge in [0.25, 0.3) is 5.91 Å². The molecule has 0 fully saturated rings. The van der Waals surface area contributed by atoms with Gasteiger partial charge >= 0.3 is 0 Å². The third-order valence-electron chi connectivity index (χ3n) is 2.84. The molecule has 0 atom stereocenters. The lowest BCUT2D eigenvalue weighted by Crippen LogP contribution is -2.16. The predicted octanol–water partition coefficient (Wildman–Crippen LogP) is 3.43. The lowest BCUT2D eigenvalue weighted by molar-refractivity contribution is 0.101. The van der Waals surface area contributed by atoms with Crippen LogP contribution in [0.25, 0.3) is 0 Å². The monoisotopic (exact) mass is 336 g/mol. The number of hydrogen-bond acceptors (Lipinski definition) is 3. The van der Waals surface area contributed by atoms with Crippen molar-refractivity contribution in [3.05, 3.63) is 39.9 Å². The zero-order chi connectivity index (χ0) is 14.9. The van der Waals surface area contributed by atoms with Crippen LogP contribution in [0.5, 0.6) is 0 Å². The summed E-state index contributed by atoms with van der Waals surface area (Å²) < 4.78 is 0.861. The molecule has 0 saturated heterocycles. The van der Waals surface area contributed by atoms with Gasteiger partial charge in [-0.15, -0.1) is 5.10 Å². The van der Waals surface area contributed by atoms with Crippen molar-refractivity contribution in [3.63, 3.8) is 0 Å². The molecule has 6 heteroatoms. The van der Waals surface area contributed by atoms with E-state index < -0.39 is 0 Å². The molecule has 106 valence electrons. The Kier molecular flexibility index (Phi) is 3.94. The Morgan fingerprint density at radius 2 is 2.05 bits per heavy atom. The minimum Gasteiger partial charge on any atom is -0.318 e. The van der Waals surface area contributed by atoms with Crippen LogP contribution in [0.3, 0.4) is 0 Å². The van der Waals surface area contributed by atoms with Gasteiger partial charge in [-0.1, -0.05) is 32.9 Å². The van der Waals surface area contributed by atoms with Crippen LogP contribution in [0.1, 0.15) is 42.8 Å². The molecule has 0 aliphatic rings. The highest BCUT2D eigenvalue weighted by atomic mass is 79.9. The molecule has 0 saturated carbocycles. The Morgan fingerprint density at radius 3 is 2.65 bits per heavy atom. The molecule has 0 aliphatic carbocycles. The van der Waals surface area contributed by atoms with Crippen LogP contribution in [0.4, 0.5) is 5.69 Å². The summed E-state index contributed by atoms with van der Waals surface area (Å²) in [6, 6.07) is 5.67. The third-order valence-corrected chi connectivity index (χ3v) is 3.89. The van der Waals surface area contributed by atoms with Gasteiger partial charge in [0.05, 0.1) is 5.69 Å². The molecule has 1 heterocycles. The molecule has 2 N–H and O–H groups in total. The van der Waals surface area contributed by atoms with Crippen molar-refractivity contribution in [1.29, 1.82) is 0 Å². The molecule has 1 aromatic carbocycles. The van der Waals surface area contributed by atoms with E-state index in [1.807, 2.05) is 45.9 Å². The molecule has 0 spiro atoms. The number of aromatic amines is 1. The average Bonchev–Trinajstić information content (AvgIpc) is 2.84. The fourth-order valence-corrected chi connectivity index (χ4v) is 1.98. The summed E-state index contributed by atoms with van der Waals surface area (Å²) in [7, 11) is 0. The second kappa shape index (κ2) is 5.36. The number of nitrogens with zero attached hydrogens (tertiary/aromatic N) is 2. The van der Waals surface area contributed by atoms with Crippen molar-refractivity contribution < 1.29 is 4.79 Å². The molecule has 0 bridgehead atoms. The van der Waals surface area contributed by atoms with Gasteiger partial charge in [0.2, 0.25) is 5.82 Å². The number of aromatic nitrogens is 3. The van der Waals surface area contributed by atoms with Crippen molar-refractivity contribution in [2.75, 3.05) is 5.32 Å². The average molecular weight is 337 g/mol. The number of nitrogens with one attached hydrogen (secondary N) is 2. The van der Waals surface area contributed by atoms with E-state index in [2.05, 4.69) is 36.4 Å². The number of aryl methyl sites for hydroxylation is 1. The zero-order valence-electron chi connectivity index (χ0n) is 11.9. The minimum atomic E-state index is -0.331. The second-order valence-corrected chi connectivity index (χ2v) is 6.44. The van der Waals surface area contributed by atoms with Crippen molar-refractivity contribution in [2.45, 2.75) is 33.1 Å². The van der Waals surface area contributed by atoms with Crippen LogP contribution in [-0.2, 0) is 5.41 Å². The third kappa shape index (κ3) is 3.07. The Bertz CT molecular complexity index is 643. The maximum Gasteiger partial charge on any atom is 0.295 e. The van der Waals surface area contributed by atoms with Crippen molar-refractivity contribution in [2.24, 2.45) is 0 Å². The van der Waals surface area contributed by atoms with Gasteiger partial charge in [-0.2, -0.15) is 0 Å². The summed E-state index contributed by atoms with van der Waals surface area (Å²) in [5, 5.41) is 9.57. The highest BCUT2D eigenvalue weighted by Gasteiger charge is 2.21. The van der Waals surface area contributed by atoms with E-state index in [9.17, 15) is 4.79 Å². The molecular weight excluding hydrogens is 320 g/mol. The molecule has 0 aliphatic heterocycles. The highest BCUT2D eigenvalue weighted by Crippen LogP contribution is 2.26. The van der Waals surface area contributed by atoms with E-state index in [0.29, 0.717) is 11.5 Å². The summed E-state index contributed by atoms with van der Waals surface area (Å²) >= 11 is 3.45. The van der Waals surface area contributed by atoms with Gasteiger partial charge in [0.15, 0.2) is 0 Å². The number of hydrogen-bond donors (Lipinski definition) is 2. The van der Waals surface area contributed by atoms with Crippen molar-refractivity contribution >= 4 is 27.5 Å². The summed E-state index contributed by atoms with van der Waals surface area (Å²) in [5.74, 6) is 0.498. The predicted molar refractivity (Wildman–Crippen MR) is 81.9 cm³/mol. The van der Waals surface area contributed by atoms with Crippen LogP contribution in [0.15, 0.2) is 22.7 Å². The minimum absolute atomic E-state index is 0.142. The zero-order valence-corrected chi connectivity index (χ0v) is 13.5. The van der Waals surface area contributed by atoms with Crippen LogP contribution >= 0.6 is 15.9 Å². The standard InChI is InChI=1S/C14H17BrN4O/c1-8-6-5-7-9(10(8)15)16-12(20)11-17-13(19-18-11)14(2,3)4/h5-7H,1-4H3,(H,16,20)(H,17,18,19). The van der Waals surface area contributed by atoms with Crippen molar-refractivity contribution in [3.8, 4) is 0 Å². The van der Waals surface area contributed by atoms with E-state index in [1.54, 1.807) is 0 Å². The van der Waals surface area contributed by atoms with Crippen LogP contribution in [0.2, 0.25) is 0 Å². The van der Waals surface area contributed by atoms with Gasteiger partial charge in [-0.05, 0) is 34.5 Å². The number of carbonyl (C=O) groups is 1. The van der Waals surface area contributed by atoms with Crippen LogP contribution < -0.4 is 5.32 Å². The Morgan fingerprint density at radius 1 is 1.35 bits per heavy atom. The first kappa shape index (κ1) is 14.7. The molecule has 0 radical (unpaired) electrons. The summed E-state index contributed by atoms with van der Waals surface area (Å²) in [6.07, 6.45) is 0. The number of carbonyl (C=O) groups excluding carboxylic acids is 1. The Balaban J connectivity index is 2.20. The maximum atomic E-state index is 12.1. The maximum absolute atomic E-state index is 12.1. The van der Waals surface area contributed by atoms with Crippen molar-refractivity contribution in [1.82, 2.24) is 15.2 Å². The summed E-state index contributed by atoms with van der Waals surface area (Å²) in [6.45, 7) is 7.98. The van der Waals surface area contributed by atoms with E-state index in [0.717, 1.165) is 10.0 Å². The lowest BCUT2D eigenvalue weighted by Gasteiger charge is -2.12. The Labute approximate surface area is 126 Å². The molecule has 2 aromatic rings. The van der Waals surface area contributed by atoms with Gasteiger partial charge in [0, 0.05) is 9.89 Å². The quantitative estimate of drug-likeness (QED) is 0.882. The van der Waals surface area contributed by atoms with Gasteiger partial charge < -0.3 is 5.32 Å². The lowest BCUT2D eigenvalue weighted by atomic mass is 9.96.